The Hall–Kier alpha value is -2.55. The number of amides is 1. The Morgan fingerprint density at radius 1 is 1.15 bits per heavy atom. The van der Waals surface area contributed by atoms with Gasteiger partial charge >= 0.3 is 7.82 Å². The highest BCUT2D eigenvalue weighted by molar-refractivity contribution is 7.46. The molecule has 1 aliphatic rings. The van der Waals surface area contributed by atoms with Crippen molar-refractivity contribution in [2.75, 3.05) is 26.3 Å². The first-order chi connectivity index (χ1) is 16.2. The van der Waals surface area contributed by atoms with E-state index >= 15 is 0 Å². The van der Waals surface area contributed by atoms with Gasteiger partial charge in [-0.3, -0.25) is 9.32 Å². The van der Waals surface area contributed by atoms with E-state index in [4.69, 9.17) is 20.4 Å². The number of phosphoric acid groups is 1. The molecule has 1 fully saturated rings. The molecule has 0 spiro atoms. The van der Waals surface area contributed by atoms with Gasteiger partial charge in [0.25, 0.3) is 5.91 Å². The maximum Gasteiger partial charge on any atom is 0.469 e. The van der Waals surface area contributed by atoms with E-state index in [0.29, 0.717) is 37.3 Å². The van der Waals surface area contributed by atoms with E-state index < -0.39 is 13.4 Å². The molecular formula is C24H32N3O6P. The van der Waals surface area contributed by atoms with Gasteiger partial charge in [0, 0.05) is 18.7 Å². The summed E-state index contributed by atoms with van der Waals surface area (Å²) in [5.74, 6) is -0.191. The van der Waals surface area contributed by atoms with Crippen molar-refractivity contribution in [2.45, 2.75) is 38.1 Å². The van der Waals surface area contributed by atoms with Crippen LogP contribution in [0, 0.1) is 0 Å². The molecule has 0 bridgehead atoms. The minimum Gasteiger partial charge on any atom is -0.396 e. The summed E-state index contributed by atoms with van der Waals surface area (Å²) in [6.45, 7) is 2.73. The maximum absolute atomic E-state index is 13.0. The third-order valence-corrected chi connectivity index (χ3v) is 6.18. The predicted octanol–water partition coefficient (Wildman–Crippen LogP) is 3.10. The number of carbonyl (C=O) groups excluding carboxylic acids is 1. The van der Waals surface area contributed by atoms with E-state index in [-0.39, 0.29) is 19.1 Å². The van der Waals surface area contributed by atoms with Crippen molar-refractivity contribution in [1.82, 2.24) is 4.90 Å². The average molecular weight is 490 g/mol. The molecule has 1 amide bonds. The Labute approximate surface area is 199 Å². The summed E-state index contributed by atoms with van der Waals surface area (Å²) in [6.07, 6.45) is 2.93. The lowest BCUT2D eigenvalue weighted by atomic mass is 9.90. The molecule has 0 unspecified atom stereocenters. The first-order valence-corrected chi connectivity index (χ1v) is 12.8. The number of nitrogens with two attached hydrogens (primary N) is 1. The number of likely N-dealkylation sites (tertiary alicyclic amines) is 1. The molecule has 3 rings (SSSR count). The lowest BCUT2D eigenvalue weighted by Gasteiger charge is -2.40. The van der Waals surface area contributed by atoms with Gasteiger partial charge in [0.15, 0.2) is 0 Å². The second-order valence-electron chi connectivity index (χ2n) is 8.63. The molecule has 1 heterocycles. The van der Waals surface area contributed by atoms with Gasteiger partial charge in [-0.2, -0.15) is 0 Å². The second-order valence-corrected chi connectivity index (χ2v) is 9.87. The van der Waals surface area contributed by atoms with Crippen LogP contribution in [0.5, 0.6) is 0 Å². The zero-order valence-corrected chi connectivity index (χ0v) is 20.2. The number of benzene rings is 2. The number of aryl methyl sites for hydroxylation is 1. The van der Waals surface area contributed by atoms with E-state index in [1.165, 1.54) is 5.56 Å². The quantitative estimate of drug-likeness (QED) is 0.202. The summed E-state index contributed by atoms with van der Waals surface area (Å²) in [5, 5.41) is 4.18. The molecule has 2 aromatic carbocycles. The molecule has 4 N–H and O–H groups in total. The van der Waals surface area contributed by atoms with Gasteiger partial charge in [-0.05, 0) is 55.9 Å². The van der Waals surface area contributed by atoms with Crippen LogP contribution in [0.4, 0.5) is 0 Å². The van der Waals surface area contributed by atoms with Crippen LogP contribution in [0.15, 0.2) is 59.8 Å². The molecule has 34 heavy (non-hydrogen) atoms. The number of piperidine rings is 1. The lowest BCUT2D eigenvalue weighted by molar-refractivity contribution is 0.0550. The number of phosphoric ester groups is 1. The van der Waals surface area contributed by atoms with Crippen LogP contribution in [0.2, 0.25) is 0 Å². The fraction of sp³-hybridized carbons (Fsp3) is 0.417. The number of carbonyl (C=O) groups is 1. The van der Waals surface area contributed by atoms with Crippen molar-refractivity contribution in [3.05, 3.63) is 71.3 Å². The number of rotatable bonds is 10. The van der Waals surface area contributed by atoms with Crippen LogP contribution in [0.3, 0.4) is 0 Å². The predicted molar refractivity (Wildman–Crippen MR) is 129 cm³/mol. The van der Waals surface area contributed by atoms with Crippen LogP contribution in [0.25, 0.3) is 0 Å². The zero-order valence-electron chi connectivity index (χ0n) is 19.3. The molecule has 0 aromatic heterocycles. The molecule has 184 valence electrons. The van der Waals surface area contributed by atoms with Gasteiger partial charge in [-0.25, -0.2) is 4.57 Å². The van der Waals surface area contributed by atoms with Crippen LogP contribution in [-0.2, 0) is 20.3 Å². The van der Waals surface area contributed by atoms with Crippen molar-refractivity contribution < 1.29 is 28.5 Å². The average Bonchev–Trinajstić information content (AvgIpc) is 2.82. The first-order valence-electron chi connectivity index (χ1n) is 11.2. The number of oxime groups is 1. The van der Waals surface area contributed by atoms with Crippen molar-refractivity contribution >= 4 is 19.4 Å². The normalized spacial score (nSPS) is 19.2. The molecule has 0 aliphatic carbocycles. The van der Waals surface area contributed by atoms with Crippen LogP contribution < -0.4 is 5.73 Å². The minimum absolute atomic E-state index is 0.158. The summed E-state index contributed by atoms with van der Waals surface area (Å²) in [5.41, 5.74) is 8.57. The molecule has 0 saturated carbocycles. The Morgan fingerprint density at radius 3 is 2.50 bits per heavy atom. The van der Waals surface area contributed by atoms with Gasteiger partial charge < -0.3 is 25.3 Å². The molecule has 9 nitrogen and oxygen atoms in total. The summed E-state index contributed by atoms with van der Waals surface area (Å²) >= 11 is 0. The van der Waals surface area contributed by atoms with Crippen molar-refractivity contribution in [2.24, 2.45) is 10.9 Å². The number of hydrogen-bond donors (Lipinski definition) is 3. The number of hydrogen-bond acceptors (Lipinski definition) is 6. The van der Waals surface area contributed by atoms with E-state index in [2.05, 4.69) is 21.8 Å². The molecule has 1 saturated heterocycles. The molecular weight excluding hydrogens is 457 g/mol. The zero-order chi connectivity index (χ0) is 24.6. The summed E-state index contributed by atoms with van der Waals surface area (Å²) < 4.78 is 15.6. The third-order valence-electron chi connectivity index (χ3n) is 5.71. The largest absolute Gasteiger partial charge is 0.469 e. The van der Waals surface area contributed by atoms with Crippen molar-refractivity contribution in [3.8, 4) is 0 Å². The fourth-order valence-electron chi connectivity index (χ4n) is 3.88. The van der Waals surface area contributed by atoms with Crippen molar-refractivity contribution in [3.63, 3.8) is 0 Å². The summed E-state index contributed by atoms with van der Waals surface area (Å²) in [6, 6.07) is 17.3. The van der Waals surface area contributed by atoms with Crippen molar-refractivity contribution in [1.29, 1.82) is 0 Å². The minimum atomic E-state index is -4.62. The maximum atomic E-state index is 13.0. The highest BCUT2D eigenvalue weighted by Gasteiger charge is 2.36. The Morgan fingerprint density at radius 2 is 1.82 bits per heavy atom. The van der Waals surface area contributed by atoms with Crippen LogP contribution in [0.1, 0.15) is 47.7 Å². The molecule has 2 aromatic rings. The Balaban J connectivity index is 1.51. The highest BCUT2D eigenvalue weighted by Crippen LogP contribution is 2.37. The standard InChI is InChI=1S/C24H32N3O6P/c1-19(26-32-16-5-9-20-7-3-2-4-8-20)21-10-12-22(13-11-21)23(28)27-15-6-14-24(25,17-27)18-33-34(29,30)31/h2-4,7-8,10-13H,5-6,9,14-18,25H2,1H3,(H2,29,30,31)/b26-19+/t24-/m1/s1. The molecule has 1 atom stereocenters. The van der Waals surface area contributed by atoms with Gasteiger partial charge in [0.1, 0.15) is 6.61 Å². The number of nitrogens with zero attached hydrogens (tertiary/aromatic N) is 2. The van der Waals surface area contributed by atoms with Gasteiger partial charge in [0.2, 0.25) is 0 Å². The van der Waals surface area contributed by atoms with E-state index in [0.717, 1.165) is 18.4 Å². The van der Waals surface area contributed by atoms with Gasteiger partial charge in [-0.15, -0.1) is 0 Å². The molecule has 0 radical (unpaired) electrons. The topological polar surface area (TPSA) is 135 Å². The summed E-state index contributed by atoms with van der Waals surface area (Å²) in [7, 11) is -4.62. The fourth-order valence-corrected chi connectivity index (χ4v) is 4.31. The van der Waals surface area contributed by atoms with Gasteiger partial charge in [-0.1, -0.05) is 47.6 Å². The SMILES string of the molecule is C/C(=N\OCCCc1ccccc1)c1ccc(C(=O)N2CCC[C@](N)(COP(=O)(O)O)C2)cc1. The third kappa shape index (κ3) is 8.04. The smallest absolute Gasteiger partial charge is 0.396 e. The van der Waals surface area contributed by atoms with E-state index in [9.17, 15) is 9.36 Å². The first kappa shape index (κ1) is 26.1. The molecule has 1 aliphatic heterocycles. The van der Waals surface area contributed by atoms with E-state index in [1.54, 1.807) is 17.0 Å². The lowest BCUT2D eigenvalue weighted by Crippen LogP contribution is -2.58. The Bertz CT molecular complexity index is 1020. The summed E-state index contributed by atoms with van der Waals surface area (Å²) in [4.78, 5) is 37.9. The second kappa shape index (κ2) is 11.7. The van der Waals surface area contributed by atoms with Crippen LogP contribution >= 0.6 is 7.82 Å². The van der Waals surface area contributed by atoms with Gasteiger partial charge in [0.05, 0.1) is 17.9 Å². The van der Waals surface area contributed by atoms with Crippen LogP contribution in [-0.4, -0.2) is 58.1 Å². The molecule has 10 heteroatoms. The highest BCUT2D eigenvalue weighted by atomic mass is 31.2. The monoisotopic (exact) mass is 489 g/mol. The Kier molecular flexibility index (Phi) is 8.99. The van der Waals surface area contributed by atoms with E-state index in [1.807, 2.05) is 37.3 Å².